The van der Waals surface area contributed by atoms with Gasteiger partial charge in [0.05, 0.1) is 23.7 Å². The van der Waals surface area contributed by atoms with Gasteiger partial charge in [-0.05, 0) is 68.9 Å². The van der Waals surface area contributed by atoms with Crippen LogP contribution in [0, 0.1) is 28.6 Å². The SMILES string of the molecule is C[C@@H](OCC1CCCCC1)[C@H](NC(=O)[C@@H]1CN(c2cccc3[nH]ncc23)CC12CN(C(=O)[C@H]1CC1(C)C)C2)C(=O)N1CCCCC1. The molecule has 1 spiro atoms. The van der Waals surface area contributed by atoms with Crippen LogP contribution in [0.3, 0.4) is 0 Å². The van der Waals surface area contributed by atoms with E-state index in [0.717, 1.165) is 55.4 Å². The van der Waals surface area contributed by atoms with E-state index in [4.69, 9.17) is 4.74 Å². The summed E-state index contributed by atoms with van der Waals surface area (Å²) in [5.74, 6) is 0.302. The van der Waals surface area contributed by atoms with Gasteiger partial charge in [-0.1, -0.05) is 39.2 Å². The van der Waals surface area contributed by atoms with Crippen LogP contribution in [-0.4, -0.2) is 95.7 Å². The van der Waals surface area contributed by atoms with Crippen molar-refractivity contribution in [3.05, 3.63) is 24.4 Å². The number of amides is 3. The van der Waals surface area contributed by atoms with Gasteiger partial charge < -0.3 is 24.8 Å². The van der Waals surface area contributed by atoms with Crippen LogP contribution < -0.4 is 10.2 Å². The average molecular weight is 633 g/mol. The fourth-order valence-corrected chi connectivity index (χ4v) is 8.72. The summed E-state index contributed by atoms with van der Waals surface area (Å²) in [6.07, 6.45) is 11.5. The maximum Gasteiger partial charge on any atom is 0.247 e. The van der Waals surface area contributed by atoms with Gasteiger partial charge in [0.15, 0.2) is 0 Å². The second-order valence-corrected chi connectivity index (χ2v) is 15.8. The van der Waals surface area contributed by atoms with Crippen LogP contribution >= 0.6 is 0 Å². The zero-order valence-electron chi connectivity index (χ0n) is 27.9. The molecule has 2 aliphatic carbocycles. The Morgan fingerprint density at radius 3 is 2.43 bits per heavy atom. The second kappa shape index (κ2) is 12.5. The predicted octanol–water partition coefficient (Wildman–Crippen LogP) is 4.36. The lowest BCUT2D eigenvalue weighted by molar-refractivity contribution is -0.153. The Hall–Kier alpha value is -3.14. The summed E-state index contributed by atoms with van der Waals surface area (Å²) < 4.78 is 6.41. The smallest absolute Gasteiger partial charge is 0.247 e. The molecule has 10 nitrogen and oxygen atoms in total. The molecule has 0 bridgehead atoms. The number of piperidine rings is 1. The number of hydrogen-bond donors (Lipinski definition) is 2. The molecule has 7 rings (SSSR count). The number of aromatic amines is 1. The summed E-state index contributed by atoms with van der Waals surface area (Å²) >= 11 is 0. The van der Waals surface area contributed by atoms with E-state index < -0.39 is 12.1 Å². The number of nitrogens with zero attached hydrogens (tertiary/aromatic N) is 4. The zero-order valence-corrected chi connectivity index (χ0v) is 27.9. The number of anilines is 1. The molecule has 2 saturated carbocycles. The quantitative estimate of drug-likeness (QED) is 0.425. The van der Waals surface area contributed by atoms with Gasteiger partial charge >= 0.3 is 0 Å². The largest absolute Gasteiger partial charge is 0.376 e. The monoisotopic (exact) mass is 632 g/mol. The highest BCUT2D eigenvalue weighted by molar-refractivity contribution is 5.94. The van der Waals surface area contributed by atoms with Crippen molar-refractivity contribution in [2.75, 3.05) is 50.8 Å². The first-order chi connectivity index (χ1) is 22.1. The van der Waals surface area contributed by atoms with Crippen LogP contribution in [0.25, 0.3) is 10.9 Å². The summed E-state index contributed by atoms with van der Waals surface area (Å²) in [4.78, 5) is 48.1. The summed E-state index contributed by atoms with van der Waals surface area (Å²) in [7, 11) is 0. The molecule has 46 heavy (non-hydrogen) atoms. The highest BCUT2D eigenvalue weighted by Gasteiger charge is 2.61. The van der Waals surface area contributed by atoms with E-state index >= 15 is 0 Å². The molecule has 1 aromatic heterocycles. The lowest BCUT2D eigenvalue weighted by Crippen LogP contribution is -2.65. The maximum atomic E-state index is 14.5. The van der Waals surface area contributed by atoms with Crippen molar-refractivity contribution in [2.24, 2.45) is 28.6 Å². The molecule has 0 radical (unpaired) electrons. The Morgan fingerprint density at radius 2 is 1.72 bits per heavy atom. The topological polar surface area (TPSA) is 111 Å². The molecule has 10 heteroatoms. The Balaban J connectivity index is 1.12. The third kappa shape index (κ3) is 6.02. The van der Waals surface area contributed by atoms with Crippen LogP contribution in [0.15, 0.2) is 24.4 Å². The minimum atomic E-state index is -0.734. The third-order valence-corrected chi connectivity index (χ3v) is 11.9. The van der Waals surface area contributed by atoms with Crippen LogP contribution in [0.2, 0.25) is 0 Å². The molecule has 1 aromatic carbocycles. The normalized spacial score (nSPS) is 27.0. The van der Waals surface area contributed by atoms with Crippen LogP contribution in [0.5, 0.6) is 0 Å². The number of benzene rings is 1. The molecule has 0 unspecified atom stereocenters. The van der Waals surface area contributed by atoms with E-state index in [1.54, 1.807) is 0 Å². The Bertz CT molecular complexity index is 1440. The van der Waals surface area contributed by atoms with Gasteiger partial charge in [-0.3, -0.25) is 19.5 Å². The van der Waals surface area contributed by atoms with Gasteiger partial charge in [0, 0.05) is 68.3 Å². The van der Waals surface area contributed by atoms with E-state index in [1.165, 1.54) is 32.1 Å². The summed E-state index contributed by atoms with van der Waals surface area (Å²) in [6, 6.07) is 5.38. The molecule has 250 valence electrons. The Morgan fingerprint density at radius 1 is 1.00 bits per heavy atom. The van der Waals surface area contributed by atoms with E-state index in [-0.39, 0.29) is 40.4 Å². The van der Waals surface area contributed by atoms with Crippen molar-refractivity contribution in [3.8, 4) is 0 Å². The number of rotatable bonds is 9. The molecule has 4 heterocycles. The number of hydrogen-bond acceptors (Lipinski definition) is 6. The molecule has 2 aromatic rings. The van der Waals surface area contributed by atoms with E-state index in [2.05, 4.69) is 40.3 Å². The van der Waals surface area contributed by atoms with Crippen molar-refractivity contribution in [2.45, 2.75) is 90.7 Å². The maximum absolute atomic E-state index is 14.5. The van der Waals surface area contributed by atoms with E-state index in [0.29, 0.717) is 38.7 Å². The zero-order chi connectivity index (χ0) is 32.1. The Kier molecular flexibility index (Phi) is 8.53. The summed E-state index contributed by atoms with van der Waals surface area (Å²) in [5, 5.41) is 11.6. The summed E-state index contributed by atoms with van der Waals surface area (Å²) in [6.45, 7) is 10.7. The van der Waals surface area contributed by atoms with Gasteiger partial charge in [-0.15, -0.1) is 0 Å². The number of nitrogens with one attached hydrogen (secondary N) is 2. The molecular formula is C36H52N6O4. The highest BCUT2D eigenvalue weighted by Crippen LogP contribution is 2.55. The van der Waals surface area contributed by atoms with E-state index in [9.17, 15) is 14.4 Å². The number of ether oxygens (including phenoxy) is 1. The number of aromatic nitrogens is 2. The van der Waals surface area contributed by atoms with Crippen LogP contribution in [0.1, 0.15) is 78.6 Å². The molecule has 5 aliphatic rings. The van der Waals surface area contributed by atoms with Crippen LogP contribution in [0.4, 0.5) is 5.69 Å². The Labute approximate surface area is 272 Å². The number of carbonyl (C=O) groups is 3. The second-order valence-electron chi connectivity index (χ2n) is 15.8. The molecule has 3 aliphatic heterocycles. The molecule has 2 N–H and O–H groups in total. The number of likely N-dealkylation sites (tertiary alicyclic amines) is 2. The first-order valence-corrected chi connectivity index (χ1v) is 17.8. The standard InChI is InChI=1S/C36H52N6O4/c1-24(46-20-25-11-6-4-7-12-25)31(34(45)40-15-8-5-9-16-40)38-32(43)28-19-41(30-14-10-13-29-26(30)18-37-39-29)21-36(28)22-42(23-36)33(44)27-17-35(27,2)3/h10,13-14,18,24-25,27-28,31H,4-9,11-12,15-17,19-23H2,1-3H3,(H,37,39)(H,38,43)/t24-,27-,28+,31+/m1/s1. The average Bonchev–Trinajstić information content (AvgIpc) is 3.38. The van der Waals surface area contributed by atoms with Gasteiger partial charge in [0.25, 0.3) is 0 Å². The van der Waals surface area contributed by atoms with Crippen molar-refractivity contribution in [1.29, 1.82) is 0 Å². The molecule has 3 saturated heterocycles. The van der Waals surface area contributed by atoms with E-state index in [1.807, 2.05) is 35.1 Å². The first kappa shape index (κ1) is 31.5. The van der Waals surface area contributed by atoms with Crippen molar-refractivity contribution in [3.63, 3.8) is 0 Å². The predicted molar refractivity (Wildman–Crippen MR) is 177 cm³/mol. The van der Waals surface area contributed by atoms with Gasteiger partial charge in [0.2, 0.25) is 17.7 Å². The third-order valence-electron chi connectivity index (χ3n) is 11.9. The lowest BCUT2D eigenvalue weighted by Gasteiger charge is -2.51. The van der Waals surface area contributed by atoms with Crippen LogP contribution in [-0.2, 0) is 19.1 Å². The molecule has 5 fully saturated rings. The highest BCUT2D eigenvalue weighted by atomic mass is 16.5. The van der Waals surface area contributed by atoms with Crippen molar-refractivity contribution >= 4 is 34.3 Å². The first-order valence-electron chi connectivity index (χ1n) is 17.8. The van der Waals surface area contributed by atoms with Crippen molar-refractivity contribution < 1.29 is 19.1 Å². The summed E-state index contributed by atoms with van der Waals surface area (Å²) in [5.41, 5.74) is 1.68. The molecule has 4 atom stereocenters. The molecule has 3 amide bonds. The lowest BCUT2D eigenvalue weighted by atomic mass is 9.70. The molecular weight excluding hydrogens is 580 g/mol. The van der Waals surface area contributed by atoms with Crippen molar-refractivity contribution in [1.82, 2.24) is 25.3 Å². The fourth-order valence-electron chi connectivity index (χ4n) is 8.72. The van der Waals surface area contributed by atoms with Gasteiger partial charge in [-0.25, -0.2) is 0 Å². The van der Waals surface area contributed by atoms with Gasteiger partial charge in [0.1, 0.15) is 6.04 Å². The minimum absolute atomic E-state index is 0.0300. The number of fused-ring (bicyclic) bond motifs is 1. The number of carbonyl (C=O) groups excluding carboxylic acids is 3. The van der Waals surface area contributed by atoms with Gasteiger partial charge in [-0.2, -0.15) is 5.10 Å². The number of H-pyrrole nitrogens is 1. The fraction of sp³-hybridized carbons (Fsp3) is 0.722. The minimum Gasteiger partial charge on any atom is -0.376 e.